The molecule has 1 rings (SSSR count). The van der Waals surface area contributed by atoms with Gasteiger partial charge in [-0.05, 0) is 38.0 Å². The molecule has 0 saturated heterocycles. The maximum absolute atomic E-state index is 11.4. The topological polar surface area (TPSA) is 55.1 Å². The van der Waals surface area contributed by atoms with Gasteiger partial charge < -0.3 is 11.1 Å². The molecule has 0 spiro atoms. The molecular weight excluding hydrogens is 176 g/mol. The van der Waals surface area contributed by atoms with Crippen LogP contribution in [0.5, 0.6) is 0 Å². The van der Waals surface area contributed by atoms with Crippen LogP contribution in [-0.2, 0) is 4.79 Å². The van der Waals surface area contributed by atoms with Gasteiger partial charge in [0.25, 0.3) is 0 Å². The lowest BCUT2D eigenvalue weighted by atomic mass is 9.79. The number of nitrogens with two attached hydrogens (primary N) is 1. The number of rotatable bonds is 2. The number of carbonyl (C=O) groups excluding carboxylic acids is 1. The summed E-state index contributed by atoms with van der Waals surface area (Å²) in [4.78, 5) is 11.4. The van der Waals surface area contributed by atoms with E-state index in [1.165, 1.54) is 6.42 Å². The third-order valence-corrected chi connectivity index (χ3v) is 3.36. The number of hydrogen-bond acceptors (Lipinski definition) is 2. The Morgan fingerprint density at radius 1 is 1.36 bits per heavy atom. The van der Waals surface area contributed by atoms with Crippen molar-refractivity contribution in [1.29, 1.82) is 0 Å². The van der Waals surface area contributed by atoms with E-state index in [0.717, 1.165) is 18.8 Å². The first kappa shape index (κ1) is 11.5. The van der Waals surface area contributed by atoms with E-state index in [-0.39, 0.29) is 11.9 Å². The Kier molecular flexibility index (Phi) is 3.93. The molecule has 0 aromatic carbocycles. The van der Waals surface area contributed by atoms with Gasteiger partial charge in [-0.1, -0.05) is 13.8 Å². The van der Waals surface area contributed by atoms with Crippen molar-refractivity contribution < 1.29 is 4.79 Å². The maximum atomic E-state index is 11.4. The van der Waals surface area contributed by atoms with E-state index in [1.807, 2.05) is 0 Å². The van der Waals surface area contributed by atoms with E-state index in [9.17, 15) is 4.79 Å². The molecule has 14 heavy (non-hydrogen) atoms. The smallest absolute Gasteiger partial charge is 0.236 e. The van der Waals surface area contributed by atoms with Crippen LogP contribution < -0.4 is 11.1 Å². The second-order valence-electron chi connectivity index (χ2n) is 4.76. The van der Waals surface area contributed by atoms with Crippen molar-refractivity contribution in [1.82, 2.24) is 5.32 Å². The highest BCUT2D eigenvalue weighted by atomic mass is 16.2. The Balaban J connectivity index is 2.37. The monoisotopic (exact) mass is 198 g/mol. The highest BCUT2D eigenvalue weighted by Gasteiger charge is 2.25. The summed E-state index contributed by atoms with van der Waals surface area (Å²) in [6.07, 6.45) is 3.41. The molecular formula is C11H22N2O. The first-order valence-corrected chi connectivity index (χ1v) is 5.56. The summed E-state index contributed by atoms with van der Waals surface area (Å²) in [6.45, 7) is 6.27. The second-order valence-corrected chi connectivity index (χ2v) is 4.76. The number of amides is 1. The minimum absolute atomic E-state index is 0.0169. The van der Waals surface area contributed by atoms with Crippen molar-refractivity contribution in [2.45, 2.75) is 52.1 Å². The van der Waals surface area contributed by atoms with Gasteiger partial charge >= 0.3 is 0 Å². The Bertz CT molecular complexity index is 203. The van der Waals surface area contributed by atoms with E-state index < -0.39 is 0 Å². The van der Waals surface area contributed by atoms with Crippen molar-refractivity contribution in [3.63, 3.8) is 0 Å². The normalized spacial score (nSPS) is 35.0. The molecule has 1 fully saturated rings. The average molecular weight is 198 g/mol. The molecule has 3 heteroatoms. The molecule has 0 heterocycles. The molecule has 82 valence electrons. The highest BCUT2D eigenvalue weighted by Crippen LogP contribution is 2.29. The zero-order chi connectivity index (χ0) is 10.7. The zero-order valence-corrected chi connectivity index (χ0v) is 9.42. The Hall–Kier alpha value is -0.570. The van der Waals surface area contributed by atoms with Gasteiger partial charge in [0.1, 0.15) is 0 Å². The van der Waals surface area contributed by atoms with Gasteiger partial charge in [-0.25, -0.2) is 0 Å². The van der Waals surface area contributed by atoms with E-state index in [0.29, 0.717) is 12.0 Å². The summed E-state index contributed by atoms with van der Waals surface area (Å²) in [5.74, 6) is 1.48. The van der Waals surface area contributed by atoms with Gasteiger partial charge in [-0.15, -0.1) is 0 Å². The predicted octanol–water partition coefficient (Wildman–Crippen LogP) is 1.27. The fourth-order valence-electron chi connectivity index (χ4n) is 2.01. The summed E-state index contributed by atoms with van der Waals surface area (Å²) in [5, 5.41) is 3.01. The van der Waals surface area contributed by atoms with E-state index in [4.69, 9.17) is 5.73 Å². The summed E-state index contributed by atoms with van der Waals surface area (Å²) in [5.41, 5.74) is 5.50. The van der Waals surface area contributed by atoms with Crippen LogP contribution in [0.1, 0.15) is 40.0 Å². The van der Waals surface area contributed by atoms with Crippen LogP contribution in [-0.4, -0.2) is 18.0 Å². The van der Waals surface area contributed by atoms with Crippen LogP contribution in [0.2, 0.25) is 0 Å². The quantitative estimate of drug-likeness (QED) is 0.702. The molecule has 1 aliphatic carbocycles. The van der Waals surface area contributed by atoms with E-state index in [2.05, 4.69) is 19.2 Å². The molecule has 4 atom stereocenters. The zero-order valence-electron chi connectivity index (χ0n) is 9.42. The van der Waals surface area contributed by atoms with Crippen molar-refractivity contribution in [3.8, 4) is 0 Å². The summed E-state index contributed by atoms with van der Waals surface area (Å²) in [7, 11) is 0. The summed E-state index contributed by atoms with van der Waals surface area (Å²) >= 11 is 0. The van der Waals surface area contributed by atoms with Crippen LogP contribution in [0.25, 0.3) is 0 Å². The number of hydrogen-bond donors (Lipinski definition) is 2. The number of nitrogens with one attached hydrogen (secondary N) is 1. The van der Waals surface area contributed by atoms with Crippen LogP contribution in [0.4, 0.5) is 0 Å². The van der Waals surface area contributed by atoms with Gasteiger partial charge in [0.05, 0.1) is 6.04 Å². The molecule has 3 unspecified atom stereocenters. The Morgan fingerprint density at radius 2 is 2.00 bits per heavy atom. The molecule has 1 aliphatic rings. The van der Waals surface area contributed by atoms with Gasteiger partial charge in [-0.3, -0.25) is 4.79 Å². The van der Waals surface area contributed by atoms with Crippen LogP contribution in [0.15, 0.2) is 0 Å². The van der Waals surface area contributed by atoms with Gasteiger partial charge in [-0.2, -0.15) is 0 Å². The molecule has 0 aromatic rings. The van der Waals surface area contributed by atoms with Crippen molar-refractivity contribution in [2.24, 2.45) is 17.6 Å². The van der Waals surface area contributed by atoms with Crippen LogP contribution in [0, 0.1) is 11.8 Å². The third kappa shape index (κ3) is 2.98. The standard InChI is InChI=1S/C11H22N2O/c1-7-4-5-10(6-8(7)2)13-11(14)9(3)12/h7-10H,4-6,12H2,1-3H3,(H,13,14)/t7?,8?,9-,10?/m1/s1. The van der Waals surface area contributed by atoms with Gasteiger partial charge in [0, 0.05) is 6.04 Å². The maximum Gasteiger partial charge on any atom is 0.236 e. The second kappa shape index (κ2) is 4.78. The van der Waals surface area contributed by atoms with Crippen molar-refractivity contribution in [2.75, 3.05) is 0 Å². The predicted molar refractivity (Wildman–Crippen MR) is 57.8 cm³/mol. The Morgan fingerprint density at radius 3 is 2.50 bits per heavy atom. The fourth-order valence-corrected chi connectivity index (χ4v) is 2.01. The van der Waals surface area contributed by atoms with Crippen molar-refractivity contribution >= 4 is 5.91 Å². The van der Waals surface area contributed by atoms with Crippen LogP contribution in [0.3, 0.4) is 0 Å². The van der Waals surface area contributed by atoms with Gasteiger partial charge in [0.2, 0.25) is 5.91 Å². The summed E-state index contributed by atoms with van der Waals surface area (Å²) < 4.78 is 0. The molecule has 0 aromatic heterocycles. The third-order valence-electron chi connectivity index (χ3n) is 3.36. The lowest BCUT2D eigenvalue weighted by Crippen LogP contribution is -2.46. The first-order valence-electron chi connectivity index (χ1n) is 5.56. The lowest BCUT2D eigenvalue weighted by molar-refractivity contribution is -0.123. The molecule has 1 amide bonds. The SMILES string of the molecule is CC1CCC(NC(=O)[C@@H](C)N)CC1C. The van der Waals surface area contributed by atoms with Gasteiger partial charge in [0.15, 0.2) is 0 Å². The molecule has 1 saturated carbocycles. The minimum atomic E-state index is -0.385. The largest absolute Gasteiger partial charge is 0.352 e. The van der Waals surface area contributed by atoms with E-state index >= 15 is 0 Å². The molecule has 3 nitrogen and oxygen atoms in total. The number of carbonyl (C=O) groups is 1. The minimum Gasteiger partial charge on any atom is -0.352 e. The van der Waals surface area contributed by atoms with Crippen LogP contribution >= 0.6 is 0 Å². The van der Waals surface area contributed by atoms with Crippen molar-refractivity contribution in [3.05, 3.63) is 0 Å². The lowest BCUT2D eigenvalue weighted by Gasteiger charge is -2.32. The highest BCUT2D eigenvalue weighted by molar-refractivity contribution is 5.81. The molecule has 0 bridgehead atoms. The molecule has 0 radical (unpaired) electrons. The molecule has 3 N–H and O–H groups in total. The first-order chi connectivity index (χ1) is 6.50. The summed E-state index contributed by atoms with van der Waals surface area (Å²) in [6, 6.07) is -0.0376. The molecule has 0 aliphatic heterocycles. The Labute approximate surface area is 86.4 Å². The average Bonchev–Trinajstić information content (AvgIpc) is 2.11. The van der Waals surface area contributed by atoms with E-state index in [1.54, 1.807) is 6.92 Å². The fraction of sp³-hybridized carbons (Fsp3) is 0.909.